The zero-order chi connectivity index (χ0) is 11.8. The van der Waals surface area contributed by atoms with Crippen LogP contribution in [-0.2, 0) is 9.25 Å². The highest BCUT2D eigenvalue weighted by Gasteiger charge is 2.48. The molecule has 0 aliphatic heterocycles. The second-order valence-electron chi connectivity index (χ2n) is 4.72. The van der Waals surface area contributed by atoms with E-state index < -0.39 is 9.25 Å². The van der Waals surface area contributed by atoms with Crippen LogP contribution < -0.4 is 10.9 Å². The summed E-state index contributed by atoms with van der Waals surface area (Å²) < 4.78 is 13.2. The van der Waals surface area contributed by atoms with Crippen molar-refractivity contribution in [2.45, 2.75) is 36.3 Å². The first-order valence-electron chi connectivity index (χ1n) is 5.76. The maximum absolute atomic E-state index is 13.2. The maximum Gasteiger partial charge on any atom is 0.0314 e. The Kier molecular flexibility index (Phi) is 2.59. The van der Waals surface area contributed by atoms with Gasteiger partial charge in [-0.15, -0.1) is 0 Å². The molecule has 3 nitrogen and oxygen atoms in total. The topological polar surface area (TPSA) is 69.1 Å². The van der Waals surface area contributed by atoms with Gasteiger partial charge in [-0.05, 0) is 52.8 Å². The number of hydrogen-bond acceptors (Lipinski definition) is 2. The molecular weight excluding hydrogens is 220 g/mol. The number of rotatable bonds is 4. The van der Waals surface area contributed by atoms with Crippen LogP contribution in [0.1, 0.15) is 26.2 Å². The van der Waals surface area contributed by atoms with Gasteiger partial charge in [-0.3, -0.25) is 9.35 Å². The Morgan fingerprint density at radius 3 is 2.31 bits per heavy atom. The molecule has 0 saturated heterocycles. The molecule has 16 heavy (non-hydrogen) atoms. The highest BCUT2D eigenvalue weighted by atomic mass is 32.3. The van der Waals surface area contributed by atoms with Gasteiger partial charge in [0.15, 0.2) is 0 Å². The second kappa shape index (κ2) is 3.57. The maximum atomic E-state index is 13.2. The molecule has 4 heteroatoms. The fourth-order valence-electron chi connectivity index (χ4n) is 2.26. The molecule has 0 heterocycles. The van der Waals surface area contributed by atoms with E-state index in [1.807, 2.05) is 19.1 Å². The van der Waals surface area contributed by atoms with Gasteiger partial charge in [0.1, 0.15) is 0 Å². The van der Waals surface area contributed by atoms with E-state index in [2.05, 4.69) is 0 Å². The smallest absolute Gasteiger partial charge is 0.0314 e. The normalized spacial score (nSPS) is 19.0. The van der Waals surface area contributed by atoms with Gasteiger partial charge >= 0.3 is 0 Å². The summed E-state index contributed by atoms with van der Waals surface area (Å²) in [5, 5.41) is 6.52. The third kappa shape index (κ3) is 1.76. The Labute approximate surface area is 96.7 Å². The molecule has 1 aliphatic rings. The van der Waals surface area contributed by atoms with Crippen molar-refractivity contribution >= 4 is 14.9 Å². The Balaban J connectivity index is 2.47. The summed E-state index contributed by atoms with van der Waals surface area (Å²) in [7, 11) is -3.13. The third-order valence-corrected chi connectivity index (χ3v) is 7.82. The molecule has 1 aliphatic carbocycles. The minimum Gasteiger partial charge on any atom is -0.399 e. The molecule has 0 aromatic heterocycles. The van der Waals surface area contributed by atoms with Crippen molar-refractivity contribution < 1.29 is 4.21 Å². The van der Waals surface area contributed by atoms with Crippen LogP contribution in [0, 0.1) is 0 Å². The van der Waals surface area contributed by atoms with Crippen LogP contribution >= 0.6 is 0 Å². The predicted octanol–water partition coefficient (Wildman–Crippen LogP) is 1.89. The lowest BCUT2D eigenvalue weighted by Gasteiger charge is -2.39. The van der Waals surface area contributed by atoms with Gasteiger partial charge in [-0.1, -0.05) is 6.92 Å². The largest absolute Gasteiger partial charge is 0.399 e. The van der Waals surface area contributed by atoms with Gasteiger partial charge in [0, 0.05) is 21.6 Å². The number of nitrogen functional groups attached to an aromatic ring is 1. The molecule has 4 N–H and O–H groups in total. The van der Waals surface area contributed by atoms with E-state index in [1.165, 1.54) is 0 Å². The van der Waals surface area contributed by atoms with Crippen LogP contribution in [0.5, 0.6) is 0 Å². The van der Waals surface area contributed by atoms with Crippen molar-refractivity contribution in [3.05, 3.63) is 24.3 Å². The highest BCUT2D eigenvalue weighted by molar-refractivity contribution is 8.18. The van der Waals surface area contributed by atoms with E-state index in [0.717, 1.165) is 24.2 Å². The minimum absolute atomic E-state index is 0.181. The quantitative estimate of drug-likeness (QED) is 0.789. The SMILES string of the molecule is CCCS(N)(=O)(c1ccc(N)cc1)C1CC1. The summed E-state index contributed by atoms with van der Waals surface area (Å²) >= 11 is 0. The summed E-state index contributed by atoms with van der Waals surface area (Å²) in [6.07, 6.45) is 2.83. The molecule has 1 fully saturated rings. The van der Waals surface area contributed by atoms with Gasteiger partial charge in [0.25, 0.3) is 0 Å². The number of hydrogen-bond donors (Lipinski definition) is 2. The summed E-state index contributed by atoms with van der Waals surface area (Å²) in [6, 6.07) is 7.23. The van der Waals surface area contributed by atoms with Crippen LogP contribution in [-0.4, -0.2) is 15.2 Å². The third-order valence-electron chi connectivity index (χ3n) is 3.30. The lowest BCUT2D eigenvalue weighted by atomic mass is 10.3. The minimum atomic E-state index is -3.13. The van der Waals surface area contributed by atoms with E-state index in [1.54, 1.807) is 12.1 Å². The van der Waals surface area contributed by atoms with Crippen molar-refractivity contribution in [2.24, 2.45) is 5.14 Å². The summed E-state index contributed by atoms with van der Waals surface area (Å²) in [5.41, 5.74) is 6.33. The Morgan fingerprint density at radius 2 is 1.88 bits per heavy atom. The van der Waals surface area contributed by atoms with Crippen molar-refractivity contribution in [2.75, 3.05) is 11.5 Å². The molecule has 0 radical (unpaired) electrons. The zero-order valence-corrected chi connectivity index (χ0v) is 10.5. The van der Waals surface area contributed by atoms with Crippen molar-refractivity contribution in [3.8, 4) is 0 Å². The average Bonchev–Trinajstić information content (AvgIpc) is 3.02. The van der Waals surface area contributed by atoms with Crippen molar-refractivity contribution in [1.29, 1.82) is 0 Å². The van der Waals surface area contributed by atoms with Crippen LogP contribution in [0.2, 0.25) is 0 Å². The Bertz CT molecular complexity index is 451. The van der Waals surface area contributed by atoms with Crippen molar-refractivity contribution in [1.82, 2.24) is 0 Å². The zero-order valence-electron chi connectivity index (χ0n) is 9.69. The number of benzene rings is 1. The van der Waals surface area contributed by atoms with Crippen molar-refractivity contribution in [3.63, 3.8) is 0 Å². The predicted molar refractivity (Wildman–Crippen MR) is 69.6 cm³/mol. The van der Waals surface area contributed by atoms with Gasteiger partial charge in [-0.25, -0.2) is 0 Å². The highest BCUT2D eigenvalue weighted by Crippen LogP contribution is 2.46. The van der Waals surface area contributed by atoms with Gasteiger partial charge in [0.05, 0.1) is 0 Å². The summed E-state index contributed by atoms with van der Waals surface area (Å²) in [5.74, 6) is 0.589. The molecular formula is C12H20N2OS. The fraction of sp³-hybridized carbons (Fsp3) is 0.500. The van der Waals surface area contributed by atoms with Crippen LogP contribution in [0.3, 0.4) is 0 Å². The molecule has 0 amide bonds. The molecule has 0 atom stereocenters. The Morgan fingerprint density at radius 1 is 1.31 bits per heavy atom. The summed E-state index contributed by atoms with van der Waals surface area (Å²) in [4.78, 5) is 0.788. The van der Waals surface area contributed by atoms with E-state index >= 15 is 0 Å². The first kappa shape index (κ1) is 11.6. The second-order valence-corrected chi connectivity index (χ2v) is 8.75. The lowest BCUT2D eigenvalue weighted by molar-refractivity contribution is 0.651. The van der Waals surface area contributed by atoms with E-state index in [4.69, 9.17) is 10.9 Å². The van der Waals surface area contributed by atoms with E-state index in [0.29, 0.717) is 11.4 Å². The van der Waals surface area contributed by atoms with Crippen LogP contribution in [0.4, 0.5) is 5.69 Å². The van der Waals surface area contributed by atoms with E-state index in [-0.39, 0.29) is 5.25 Å². The molecule has 90 valence electrons. The van der Waals surface area contributed by atoms with E-state index in [9.17, 15) is 4.21 Å². The molecule has 0 bridgehead atoms. The van der Waals surface area contributed by atoms with Crippen LogP contribution in [0.15, 0.2) is 29.2 Å². The first-order valence-corrected chi connectivity index (χ1v) is 8.03. The van der Waals surface area contributed by atoms with Gasteiger partial charge in [0.2, 0.25) is 0 Å². The standard InChI is InChI=1S/C12H20N2OS/c1-2-9-16(14,15,12-7-8-12)11-5-3-10(13)4-6-11/h3-6,12H,2,7-9,13H2,1H3,(H2,14,15). The molecule has 1 aromatic rings. The lowest BCUT2D eigenvalue weighted by Crippen LogP contribution is -2.50. The Hall–Kier alpha value is -0.870. The molecule has 1 aromatic carbocycles. The fourth-order valence-corrected chi connectivity index (χ4v) is 5.98. The molecule has 0 unspecified atom stereocenters. The summed E-state index contributed by atoms with van der Waals surface area (Å²) in [6.45, 7) is 2.03. The van der Waals surface area contributed by atoms with Gasteiger partial charge in [-0.2, -0.15) is 0 Å². The number of anilines is 1. The molecule has 0 spiro atoms. The van der Waals surface area contributed by atoms with Gasteiger partial charge < -0.3 is 5.73 Å². The number of nitrogens with two attached hydrogens (primary N) is 2. The first-order chi connectivity index (χ1) is 7.46. The molecule has 1 saturated carbocycles. The molecule has 2 rings (SSSR count). The monoisotopic (exact) mass is 240 g/mol. The van der Waals surface area contributed by atoms with Crippen LogP contribution in [0.25, 0.3) is 0 Å². The average molecular weight is 240 g/mol.